The number of hydrogen-bond acceptors (Lipinski definition) is 4. The highest BCUT2D eigenvalue weighted by Crippen LogP contribution is 2.15. The summed E-state index contributed by atoms with van der Waals surface area (Å²) >= 11 is 0. The molecular weight excluding hydrogens is 282 g/mol. The zero-order chi connectivity index (χ0) is 15.8. The van der Waals surface area contributed by atoms with E-state index in [-0.39, 0.29) is 11.5 Å². The van der Waals surface area contributed by atoms with Gasteiger partial charge in [0.05, 0.1) is 11.3 Å². The van der Waals surface area contributed by atoms with Crippen LogP contribution in [0.3, 0.4) is 0 Å². The lowest BCUT2D eigenvalue weighted by atomic mass is 10.0. The maximum absolute atomic E-state index is 12.0. The number of nitro benzene ring substituents is 1. The van der Waals surface area contributed by atoms with Gasteiger partial charge in [-0.15, -0.1) is 0 Å². The summed E-state index contributed by atoms with van der Waals surface area (Å²) in [4.78, 5) is 28.4. The van der Waals surface area contributed by atoms with Gasteiger partial charge in [-0.05, 0) is 12.1 Å². The minimum Gasteiger partial charge on any atom is -0.351 e. The largest absolute Gasteiger partial charge is 0.351 e. The smallest absolute Gasteiger partial charge is 0.269 e. The Morgan fingerprint density at radius 1 is 1.00 bits per heavy atom. The Hall–Kier alpha value is -3.28. The molecular formula is C16H13N3O3. The summed E-state index contributed by atoms with van der Waals surface area (Å²) in [5.74, 6) is -0.138. The van der Waals surface area contributed by atoms with Gasteiger partial charge < -0.3 is 4.98 Å². The van der Waals surface area contributed by atoms with Crippen LogP contribution >= 0.6 is 0 Å². The molecule has 0 aliphatic carbocycles. The summed E-state index contributed by atoms with van der Waals surface area (Å²) in [5, 5.41) is 10.5. The van der Waals surface area contributed by atoms with Crippen molar-refractivity contribution in [1.29, 1.82) is 0 Å². The number of carbonyl (C=O) groups excluding carboxylic acids is 1. The molecule has 6 heteroatoms. The van der Waals surface area contributed by atoms with Crippen molar-refractivity contribution in [2.24, 2.45) is 0 Å². The summed E-state index contributed by atoms with van der Waals surface area (Å²) in [6.07, 6.45) is 5.08. The van der Waals surface area contributed by atoms with E-state index in [1.54, 1.807) is 43.0 Å². The molecule has 110 valence electrons. The summed E-state index contributed by atoms with van der Waals surface area (Å²) in [6, 6.07) is 14.4. The van der Waals surface area contributed by atoms with Gasteiger partial charge in [-0.25, -0.2) is 4.98 Å². The molecule has 0 bridgehead atoms. The molecule has 0 amide bonds. The van der Waals surface area contributed by atoms with Crippen LogP contribution in [0.2, 0.25) is 0 Å². The first-order chi connectivity index (χ1) is 10.7. The summed E-state index contributed by atoms with van der Waals surface area (Å²) < 4.78 is 0. The minimum atomic E-state index is -0.489. The number of H-pyrrole nitrogens is 1. The van der Waals surface area contributed by atoms with E-state index in [2.05, 4.69) is 9.97 Å². The van der Waals surface area contributed by atoms with Crippen LogP contribution in [0.4, 0.5) is 5.69 Å². The first-order valence-corrected chi connectivity index (χ1v) is 6.45. The molecule has 0 atom stereocenters. The van der Waals surface area contributed by atoms with Gasteiger partial charge in [0.25, 0.3) is 5.69 Å². The molecule has 0 saturated carbocycles. The van der Waals surface area contributed by atoms with Gasteiger partial charge in [0, 0.05) is 35.7 Å². The molecule has 0 unspecified atom stereocenters. The standard InChI is InChI=1S/C13H9NO3.C3H4N2/c15-13(10-4-2-1-3-5-10)11-6-8-12(9-7-11)14(16)17;1-2-5-3-4-1/h1-9H;1-3H,(H,4,5). The van der Waals surface area contributed by atoms with E-state index in [1.807, 2.05) is 6.07 Å². The Morgan fingerprint density at radius 3 is 2.09 bits per heavy atom. The molecule has 0 radical (unpaired) electrons. The van der Waals surface area contributed by atoms with Crippen LogP contribution < -0.4 is 0 Å². The molecule has 1 heterocycles. The van der Waals surface area contributed by atoms with Crippen molar-refractivity contribution in [2.45, 2.75) is 0 Å². The van der Waals surface area contributed by atoms with Gasteiger partial charge >= 0.3 is 0 Å². The number of rotatable bonds is 3. The van der Waals surface area contributed by atoms with Crippen LogP contribution in [0.25, 0.3) is 0 Å². The normalized spacial score (nSPS) is 9.45. The SMILES string of the molecule is O=C(c1ccccc1)c1ccc([N+](=O)[O-])cc1.c1c[nH]cn1. The molecule has 3 aromatic rings. The zero-order valence-corrected chi connectivity index (χ0v) is 11.5. The number of aromatic nitrogens is 2. The van der Waals surface area contributed by atoms with Crippen LogP contribution in [0.15, 0.2) is 73.3 Å². The maximum Gasteiger partial charge on any atom is 0.269 e. The number of aromatic amines is 1. The molecule has 0 fully saturated rings. The maximum atomic E-state index is 12.0. The van der Waals surface area contributed by atoms with Crippen LogP contribution in [-0.4, -0.2) is 20.7 Å². The van der Waals surface area contributed by atoms with Crippen molar-refractivity contribution in [2.75, 3.05) is 0 Å². The van der Waals surface area contributed by atoms with Crippen LogP contribution in [0.5, 0.6) is 0 Å². The van der Waals surface area contributed by atoms with Crippen molar-refractivity contribution >= 4 is 11.5 Å². The monoisotopic (exact) mass is 295 g/mol. The zero-order valence-electron chi connectivity index (χ0n) is 11.5. The third kappa shape index (κ3) is 4.11. The number of hydrogen-bond donors (Lipinski definition) is 1. The fraction of sp³-hybridized carbons (Fsp3) is 0. The molecule has 0 aliphatic rings. The van der Waals surface area contributed by atoms with E-state index in [0.29, 0.717) is 11.1 Å². The van der Waals surface area contributed by atoms with Crippen molar-refractivity contribution < 1.29 is 9.72 Å². The number of imidazole rings is 1. The number of benzene rings is 2. The second-order valence-electron chi connectivity index (χ2n) is 4.26. The van der Waals surface area contributed by atoms with Crippen LogP contribution in [0.1, 0.15) is 15.9 Å². The topological polar surface area (TPSA) is 88.9 Å². The van der Waals surface area contributed by atoms with E-state index in [1.165, 1.54) is 24.3 Å². The van der Waals surface area contributed by atoms with E-state index >= 15 is 0 Å². The van der Waals surface area contributed by atoms with Gasteiger partial charge in [0.15, 0.2) is 5.78 Å². The Balaban J connectivity index is 0.000000299. The molecule has 2 aromatic carbocycles. The van der Waals surface area contributed by atoms with Gasteiger partial charge in [-0.2, -0.15) is 0 Å². The third-order valence-electron chi connectivity index (χ3n) is 2.78. The van der Waals surface area contributed by atoms with Gasteiger partial charge in [0.2, 0.25) is 0 Å². The van der Waals surface area contributed by atoms with Crippen molar-refractivity contribution in [3.8, 4) is 0 Å². The van der Waals surface area contributed by atoms with Gasteiger partial charge in [-0.1, -0.05) is 30.3 Å². The lowest BCUT2D eigenvalue weighted by Crippen LogP contribution is -2.00. The summed E-state index contributed by atoms with van der Waals surface area (Å²) in [6.45, 7) is 0. The number of carbonyl (C=O) groups is 1. The fourth-order valence-corrected chi connectivity index (χ4v) is 1.71. The summed E-state index contributed by atoms with van der Waals surface area (Å²) in [7, 11) is 0. The van der Waals surface area contributed by atoms with E-state index in [0.717, 1.165) is 0 Å². The number of ketones is 1. The van der Waals surface area contributed by atoms with Gasteiger partial charge in [-0.3, -0.25) is 14.9 Å². The predicted octanol–water partition coefficient (Wildman–Crippen LogP) is 3.24. The number of nitrogens with one attached hydrogen (secondary N) is 1. The van der Waals surface area contributed by atoms with Crippen molar-refractivity contribution in [3.05, 3.63) is 94.6 Å². The molecule has 6 nitrogen and oxygen atoms in total. The third-order valence-corrected chi connectivity index (χ3v) is 2.78. The molecule has 0 spiro atoms. The molecule has 3 rings (SSSR count). The lowest BCUT2D eigenvalue weighted by Gasteiger charge is -2.00. The molecule has 22 heavy (non-hydrogen) atoms. The van der Waals surface area contributed by atoms with E-state index < -0.39 is 4.92 Å². The summed E-state index contributed by atoms with van der Waals surface area (Å²) in [5.41, 5.74) is 0.998. The quantitative estimate of drug-likeness (QED) is 0.456. The molecule has 1 N–H and O–H groups in total. The predicted molar refractivity (Wildman–Crippen MR) is 81.6 cm³/mol. The average Bonchev–Trinajstić information content (AvgIpc) is 3.15. The Bertz CT molecular complexity index is 706. The second-order valence-corrected chi connectivity index (χ2v) is 4.26. The average molecular weight is 295 g/mol. The first kappa shape index (κ1) is 15.1. The highest BCUT2D eigenvalue weighted by atomic mass is 16.6. The minimum absolute atomic E-state index is 0.0189. The van der Waals surface area contributed by atoms with E-state index in [4.69, 9.17) is 0 Å². The Morgan fingerprint density at radius 2 is 1.64 bits per heavy atom. The lowest BCUT2D eigenvalue weighted by molar-refractivity contribution is -0.384. The highest BCUT2D eigenvalue weighted by Gasteiger charge is 2.10. The first-order valence-electron chi connectivity index (χ1n) is 6.45. The number of nitrogens with zero attached hydrogens (tertiary/aromatic N) is 2. The Kier molecular flexibility index (Phi) is 5.15. The van der Waals surface area contributed by atoms with Crippen LogP contribution in [0, 0.1) is 10.1 Å². The number of nitro groups is 1. The van der Waals surface area contributed by atoms with Crippen LogP contribution in [-0.2, 0) is 0 Å². The van der Waals surface area contributed by atoms with Crippen molar-refractivity contribution in [3.63, 3.8) is 0 Å². The van der Waals surface area contributed by atoms with E-state index in [9.17, 15) is 14.9 Å². The molecule has 1 aromatic heterocycles. The number of non-ortho nitro benzene ring substituents is 1. The highest BCUT2D eigenvalue weighted by molar-refractivity contribution is 6.09. The van der Waals surface area contributed by atoms with Crippen molar-refractivity contribution in [1.82, 2.24) is 9.97 Å². The second kappa shape index (κ2) is 7.49. The molecule has 0 aliphatic heterocycles. The van der Waals surface area contributed by atoms with Gasteiger partial charge in [0.1, 0.15) is 0 Å². The molecule has 0 saturated heterocycles. The Labute approximate surface area is 126 Å². The fourth-order valence-electron chi connectivity index (χ4n) is 1.71.